The van der Waals surface area contributed by atoms with Crippen LogP contribution in [0.1, 0.15) is 11.6 Å². The van der Waals surface area contributed by atoms with Crippen molar-refractivity contribution in [1.82, 2.24) is 4.90 Å². The van der Waals surface area contributed by atoms with E-state index in [1.807, 2.05) is 4.90 Å². The topological polar surface area (TPSA) is 36.3 Å². The second kappa shape index (κ2) is 5.46. The molecular formula is C12H12ClFN2O. The number of ether oxygens (including phenoxy) is 1. The van der Waals surface area contributed by atoms with Gasteiger partial charge in [-0.25, -0.2) is 4.39 Å². The van der Waals surface area contributed by atoms with Crippen molar-refractivity contribution >= 4 is 11.6 Å². The first-order valence-corrected chi connectivity index (χ1v) is 5.76. The van der Waals surface area contributed by atoms with Crippen LogP contribution in [0.5, 0.6) is 0 Å². The van der Waals surface area contributed by atoms with Crippen LogP contribution in [0.15, 0.2) is 18.2 Å². The summed E-state index contributed by atoms with van der Waals surface area (Å²) in [5, 5.41) is 9.54. The summed E-state index contributed by atoms with van der Waals surface area (Å²) in [7, 11) is 0. The lowest BCUT2D eigenvalue weighted by molar-refractivity contribution is 0.0266. The van der Waals surface area contributed by atoms with E-state index in [1.54, 1.807) is 6.07 Å². The molecule has 1 heterocycles. The zero-order chi connectivity index (χ0) is 12.3. The van der Waals surface area contributed by atoms with Gasteiger partial charge in [-0.1, -0.05) is 17.7 Å². The summed E-state index contributed by atoms with van der Waals surface area (Å²) in [6.07, 6.45) is 0. The lowest BCUT2D eigenvalue weighted by Crippen LogP contribution is -2.38. The van der Waals surface area contributed by atoms with Gasteiger partial charge in [0, 0.05) is 23.7 Å². The largest absolute Gasteiger partial charge is 0.379 e. The van der Waals surface area contributed by atoms with Crippen LogP contribution in [-0.4, -0.2) is 31.2 Å². The maximum absolute atomic E-state index is 13.0. The van der Waals surface area contributed by atoms with Gasteiger partial charge in [0.2, 0.25) is 0 Å². The lowest BCUT2D eigenvalue weighted by Gasteiger charge is -2.31. The van der Waals surface area contributed by atoms with E-state index in [-0.39, 0.29) is 0 Å². The van der Waals surface area contributed by atoms with Crippen molar-refractivity contribution in [1.29, 1.82) is 5.26 Å². The van der Waals surface area contributed by atoms with E-state index in [9.17, 15) is 9.65 Å². The fraction of sp³-hybridized carbons (Fsp3) is 0.417. The molecule has 0 saturated carbocycles. The third-order valence-electron chi connectivity index (χ3n) is 2.79. The molecule has 3 nitrogen and oxygen atoms in total. The van der Waals surface area contributed by atoms with Crippen molar-refractivity contribution in [3.8, 4) is 6.07 Å². The molecule has 1 unspecified atom stereocenters. The van der Waals surface area contributed by atoms with E-state index in [2.05, 4.69) is 6.07 Å². The molecule has 0 spiro atoms. The summed E-state index contributed by atoms with van der Waals surface area (Å²) in [4.78, 5) is 1.99. The van der Waals surface area contributed by atoms with Gasteiger partial charge in [-0.15, -0.1) is 0 Å². The second-order valence-corrected chi connectivity index (χ2v) is 4.25. The highest BCUT2D eigenvalue weighted by Gasteiger charge is 2.24. The van der Waals surface area contributed by atoms with E-state index < -0.39 is 11.9 Å². The number of nitriles is 1. The van der Waals surface area contributed by atoms with E-state index in [0.29, 0.717) is 36.9 Å². The summed E-state index contributed by atoms with van der Waals surface area (Å²) >= 11 is 5.97. The maximum atomic E-state index is 13.0. The number of rotatable bonds is 2. The van der Waals surface area contributed by atoms with E-state index in [1.165, 1.54) is 12.1 Å². The summed E-state index contributed by atoms with van der Waals surface area (Å²) < 4.78 is 18.2. The van der Waals surface area contributed by atoms with Crippen LogP contribution in [0.2, 0.25) is 5.02 Å². The molecule has 0 aromatic heterocycles. The Morgan fingerprint density at radius 1 is 1.41 bits per heavy atom. The molecule has 1 fully saturated rings. The molecule has 0 N–H and O–H groups in total. The molecule has 1 aliphatic heterocycles. The van der Waals surface area contributed by atoms with E-state index in [4.69, 9.17) is 16.3 Å². The molecule has 2 rings (SSSR count). The van der Waals surface area contributed by atoms with Crippen molar-refractivity contribution < 1.29 is 9.13 Å². The van der Waals surface area contributed by atoms with Gasteiger partial charge in [0.1, 0.15) is 11.9 Å². The lowest BCUT2D eigenvalue weighted by atomic mass is 10.1. The van der Waals surface area contributed by atoms with Gasteiger partial charge in [0.25, 0.3) is 0 Å². The number of hydrogen-bond donors (Lipinski definition) is 0. The second-order valence-electron chi connectivity index (χ2n) is 3.85. The van der Waals surface area contributed by atoms with Crippen LogP contribution in [0.4, 0.5) is 4.39 Å². The Kier molecular flexibility index (Phi) is 3.95. The molecule has 0 bridgehead atoms. The van der Waals surface area contributed by atoms with Gasteiger partial charge < -0.3 is 4.74 Å². The summed E-state index contributed by atoms with van der Waals surface area (Å²) in [6.45, 7) is 2.59. The van der Waals surface area contributed by atoms with Crippen LogP contribution >= 0.6 is 11.6 Å². The quantitative estimate of drug-likeness (QED) is 0.813. The molecular weight excluding hydrogens is 243 g/mol. The molecule has 1 saturated heterocycles. The molecule has 5 heteroatoms. The Morgan fingerprint density at radius 2 is 2.12 bits per heavy atom. The fourth-order valence-electron chi connectivity index (χ4n) is 1.91. The van der Waals surface area contributed by atoms with Gasteiger partial charge in [0.15, 0.2) is 0 Å². The number of morpholine rings is 1. The smallest absolute Gasteiger partial charge is 0.125 e. The number of halogens is 2. The Labute approximate surface area is 104 Å². The summed E-state index contributed by atoms with van der Waals surface area (Å²) in [5.74, 6) is -0.391. The molecule has 1 aliphatic rings. The normalized spacial score (nSPS) is 18.6. The highest BCUT2D eigenvalue weighted by molar-refractivity contribution is 6.31. The Morgan fingerprint density at radius 3 is 2.71 bits per heavy atom. The van der Waals surface area contributed by atoms with Gasteiger partial charge in [-0.2, -0.15) is 5.26 Å². The third kappa shape index (κ3) is 2.75. The Balaban J connectivity index is 2.25. The monoisotopic (exact) mass is 254 g/mol. The minimum atomic E-state index is -0.438. The fourth-order valence-corrected chi connectivity index (χ4v) is 2.18. The summed E-state index contributed by atoms with van der Waals surface area (Å²) in [5.41, 5.74) is 0.650. The average molecular weight is 255 g/mol. The minimum absolute atomic E-state index is 0.294. The molecule has 1 aromatic carbocycles. The molecule has 1 atom stereocenters. The van der Waals surface area contributed by atoms with Crippen molar-refractivity contribution in [3.63, 3.8) is 0 Å². The molecule has 0 amide bonds. The van der Waals surface area contributed by atoms with Crippen molar-refractivity contribution in [2.24, 2.45) is 0 Å². The van der Waals surface area contributed by atoms with Crippen molar-refractivity contribution in [2.75, 3.05) is 26.3 Å². The Bertz CT molecular complexity index is 441. The zero-order valence-electron chi connectivity index (χ0n) is 9.20. The highest BCUT2D eigenvalue weighted by atomic mass is 35.5. The molecule has 0 aliphatic carbocycles. The predicted molar refractivity (Wildman–Crippen MR) is 62.2 cm³/mol. The van der Waals surface area contributed by atoms with Crippen LogP contribution in [0.25, 0.3) is 0 Å². The highest BCUT2D eigenvalue weighted by Crippen LogP contribution is 2.28. The number of hydrogen-bond acceptors (Lipinski definition) is 3. The van der Waals surface area contributed by atoms with Gasteiger partial charge >= 0.3 is 0 Å². The zero-order valence-corrected chi connectivity index (χ0v) is 9.95. The minimum Gasteiger partial charge on any atom is -0.379 e. The molecule has 17 heavy (non-hydrogen) atoms. The van der Waals surface area contributed by atoms with Crippen LogP contribution < -0.4 is 0 Å². The van der Waals surface area contributed by atoms with Gasteiger partial charge in [-0.3, -0.25) is 4.90 Å². The average Bonchev–Trinajstić information content (AvgIpc) is 2.34. The number of benzene rings is 1. The molecule has 90 valence electrons. The first-order valence-electron chi connectivity index (χ1n) is 5.38. The van der Waals surface area contributed by atoms with Gasteiger partial charge in [0.05, 0.1) is 19.3 Å². The van der Waals surface area contributed by atoms with E-state index >= 15 is 0 Å². The van der Waals surface area contributed by atoms with E-state index in [0.717, 1.165) is 0 Å². The van der Waals surface area contributed by atoms with Crippen molar-refractivity contribution in [2.45, 2.75) is 6.04 Å². The van der Waals surface area contributed by atoms with Gasteiger partial charge in [-0.05, 0) is 12.1 Å². The number of nitrogens with zero attached hydrogens (tertiary/aromatic N) is 2. The molecule has 1 aromatic rings. The first-order chi connectivity index (χ1) is 8.22. The first kappa shape index (κ1) is 12.3. The third-order valence-corrected chi connectivity index (χ3v) is 3.12. The van der Waals surface area contributed by atoms with Crippen LogP contribution in [-0.2, 0) is 4.74 Å². The standard InChI is InChI=1S/C12H12ClFN2O/c13-11-7-9(14)1-2-10(11)12(8-15)16-3-5-17-6-4-16/h1-2,7,12H,3-6H2. The SMILES string of the molecule is N#CC(c1ccc(F)cc1Cl)N1CCOCC1. The Hall–Kier alpha value is -1.15. The van der Waals surface area contributed by atoms with Crippen molar-refractivity contribution in [3.05, 3.63) is 34.6 Å². The maximum Gasteiger partial charge on any atom is 0.125 e. The predicted octanol–water partition coefficient (Wildman–Crippen LogP) is 2.38. The summed E-state index contributed by atoms with van der Waals surface area (Å²) in [6, 6.07) is 5.91. The van der Waals surface area contributed by atoms with Crippen LogP contribution in [0.3, 0.4) is 0 Å². The molecule has 0 radical (unpaired) electrons. The van der Waals surface area contributed by atoms with Crippen LogP contribution in [0, 0.1) is 17.1 Å².